The van der Waals surface area contributed by atoms with Crippen molar-refractivity contribution in [2.45, 2.75) is 25.4 Å². The topological polar surface area (TPSA) is 103 Å². The highest BCUT2D eigenvalue weighted by atomic mass is 16.5. The molecule has 1 fully saturated rings. The average molecular weight is 533 g/mol. The molecule has 3 aromatic carbocycles. The average Bonchev–Trinajstić information content (AvgIpc) is 2.98. The van der Waals surface area contributed by atoms with E-state index in [2.05, 4.69) is 15.6 Å². The summed E-state index contributed by atoms with van der Waals surface area (Å²) >= 11 is 0. The second-order valence-electron chi connectivity index (χ2n) is 9.70. The number of phenolic OH excluding ortho intramolecular Hbond substituents is 1. The lowest BCUT2D eigenvalue weighted by molar-refractivity contribution is 0.346. The van der Waals surface area contributed by atoms with Crippen molar-refractivity contribution in [3.63, 3.8) is 0 Å². The summed E-state index contributed by atoms with van der Waals surface area (Å²) in [6.45, 7) is 2.02. The van der Waals surface area contributed by atoms with Gasteiger partial charge in [-0.1, -0.05) is 18.2 Å². The Kier molecular flexibility index (Phi) is 8.51. The third-order valence-corrected chi connectivity index (χ3v) is 6.93. The number of benzene rings is 3. The second kappa shape index (κ2) is 12.6. The quantitative estimate of drug-likeness (QED) is 0.156. The van der Waals surface area contributed by atoms with Crippen LogP contribution in [-0.4, -0.2) is 54.8 Å². The highest BCUT2D eigenvalue weighted by Crippen LogP contribution is 2.31. The molecule has 8 nitrogen and oxygen atoms in total. The Labute approximate surface area is 235 Å². The Hall–Kier alpha value is -4.50. The highest BCUT2D eigenvalue weighted by Gasteiger charge is 2.22. The molecule has 0 atom stereocenters. The van der Waals surface area contributed by atoms with Crippen LogP contribution >= 0.6 is 0 Å². The fourth-order valence-corrected chi connectivity index (χ4v) is 4.75. The van der Waals surface area contributed by atoms with E-state index in [1.54, 1.807) is 31.5 Å². The number of anilines is 2. The van der Waals surface area contributed by atoms with Crippen LogP contribution in [0.15, 0.2) is 85.1 Å². The van der Waals surface area contributed by atoms with E-state index >= 15 is 0 Å². The number of methoxy groups -OCH3 is 1. The zero-order valence-corrected chi connectivity index (χ0v) is 22.4. The van der Waals surface area contributed by atoms with Crippen LogP contribution in [-0.2, 0) is 6.54 Å². The molecule has 1 aliphatic heterocycles. The molecule has 1 aliphatic rings. The Morgan fingerprint density at radius 1 is 1.02 bits per heavy atom. The molecule has 1 aromatic heterocycles. The van der Waals surface area contributed by atoms with Crippen molar-refractivity contribution in [1.82, 2.24) is 9.79 Å². The lowest BCUT2D eigenvalue weighted by atomic mass is 9.98. The maximum atomic E-state index is 9.84. The van der Waals surface area contributed by atoms with E-state index in [9.17, 15) is 10.5 Å². The lowest BCUT2D eigenvalue weighted by Crippen LogP contribution is -2.37. The Morgan fingerprint density at radius 2 is 1.75 bits per heavy atom. The van der Waals surface area contributed by atoms with Crippen LogP contribution in [0.25, 0.3) is 0 Å². The SMILES string of the molecule is [B]N1CCC(Nc2ccnc(NCc3ccc(O)cc3OC)c2C(=N)c2ccc(Oc3ccccc3)cc2)CC1. The van der Waals surface area contributed by atoms with Gasteiger partial charge in [0.05, 0.1) is 18.4 Å². The van der Waals surface area contributed by atoms with Crippen LogP contribution < -0.4 is 20.1 Å². The number of rotatable bonds is 10. The van der Waals surface area contributed by atoms with Gasteiger partial charge in [0, 0.05) is 41.7 Å². The molecular formula is C31H32BN5O3. The number of nitrogens with one attached hydrogen (secondary N) is 3. The summed E-state index contributed by atoms with van der Waals surface area (Å²) < 4.78 is 11.4. The number of pyridine rings is 1. The smallest absolute Gasteiger partial charge is 0.182 e. The molecular weight excluding hydrogens is 501 g/mol. The molecule has 0 spiro atoms. The van der Waals surface area contributed by atoms with Crippen molar-refractivity contribution in [2.24, 2.45) is 0 Å². The van der Waals surface area contributed by atoms with Gasteiger partial charge in [-0.05, 0) is 80.5 Å². The van der Waals surface area contributed by atoms with Crippen LogP contribution in [0, 0.1) is 5.41 Å². The van der Waals surface area contributed by atoms with Crippen LogP contribution in [0.3, 0.4) is 0 Å². The minimum atomic E-state index is 0.135. The van der Waals surface area contributed by atoms with Gasteiger partial charge in [0.1, 0.15) is 28.8 Å². The largest absolute Gasteiger partial charge is 0.508 e. The molecule has 0 saturated carbocycles. The molecule has 4 N–H and O–H groups in total. The van der Waals surface area contributed by atoms with Gasteiger partial charge in [-0.2, -0.15) is 0 Å². The molecule has 0 aliphatic carbocycles. The van der Waals surface area contributed by atoms with Crippen molar-refractivity contribution in [3.05, 3.63) is 102 Å². The molecule has 5 rings (SSSR count). The number of piperidine rings is 1. The number of para-hydroxylation sites is 1. The van der Waals surface area contributed by atoms with Crippen molar-refractivity contribution in [2.75, 3.05) is 30.8 Å². The van der Waals surface area contributed by atoms with Crippen LogP contribution in [0.5, 0.6) is 23.0 Å². The predicted octanol–water partition coefficient (Wildman–Crippen LogP) is 5.58. The first-order chi connectivity index (χ1) is 19.5. The van der Waals surface area contributed by atoms with Crippen LogP contribution in [0.2, 0.25) is 0 Å². The summed E-state index contributed by atoms with van der Waals surface area (Å²) in [5.74, 6) is 2.73. The summed E-state index contributed by atoms with van der Waals surface area (Å²) in [6, 6.07) is 24.3. The molecule has 1 saturated heterocycles. The Morgan fingerprint density at radius 3 is 2.48 bits per heavy atom. The molecule has 9 heteroatoms. The van der Waals surface area contributed by atoms with Gasteiger partial charge in [0.25, 0.3) is 0 Å². The van der Waals surface area contributed by atoms with Gasteiger partial charge in [-0.15, -0.1) is 0 Å². The first kappa shape index (κ1) is 27.1. The van der Waals surface area contributed by atoms with Crippen molar-refractivity contribution in [1.29, 1.82) is 5.41 Å². The number of aromatic hydroxyl groups is 1. The number of aromatic nitrogens is 1. The maximum absolute atomic E-state index is 9.84. The molecule has 0 unspecified atom stereocenters. The number of hydrogen-bond acceptors (Lipinski definition) is 8. The number of nitrogens with zero attached hydrogens (tertiary/aromatic N) is 2. The third kappa shape index (κ3) is 6.55. The van der Waals surface area contributed by atoms with E-state index in [1.807, 2.05) is 65.5 Å². The molecule has 2 heterocycles. The first-order valence-corrected chi connectivity index (χ1v) is 13.3. The van der Waals surface area contributed by atoms with Crippen molar-refractivity contribution < 1.29 is 14.6 Å². The minimum Gasteiger partial charge on any atom is -0.508 e. The number of ether oxygens (including phenoxy) is 2. The van der Waals surface area contributed by atoms with Crippen molar-refractivity contribution in [3.8, 4) is 23.0 Å². The number of phenols is 1. The molecule has 40 heavy (non-hydrogen) atoms. The first-order valence-electron chi connectivity index (χ1n) is 13.3. The van der Waals surface area contributed by atoms with Crippen LogP contribution in [0.1, 0.15) is 29.5 Å². The molecule has 0 bridgehead atoms. The maximum Gasteiger partial charge on any atom is 0.182 e. The van der Waals surface area contributed by atoms with E-state index in [4.69, 9.17) is 17.5 Å². The van der Waals surface area contributed by atoms with Crippen LogP contribution in [0.4, 0.5) is 11.5 Å². The van der Waals surface area contributed by atoms with Gasteiger partial charge >= 0.3 is 0 Å². The summed E-state index contributed by atoms with van der Waals surface area (Å²) in [5.41, 5.74) is 3.43. The van der Waals surface area contributed by atoms with Gasteiger partial charge in [0.2, 0.25) is 0 Å². The number of hydrogen-bond donors (Lipinski definition) is 4. The monoisotopic (exact) mass is 533 g/mol. The highest BCUT2D eigenvalue weighted by molar-refractivity contribution is 6.17. The summed E-state index contributed by atoms with van der Waals surface area (Å²) in [5, 5.41) is 26.1. The molecule has 0 amide bonds. The lowest BCUT2D eigenvalue weighted by Gasteiger charge is -2.31. The zero-order chi connectivity index (χ0) is 27.9. The summed E-state index contributed by atoms with van der Waals surface area (Å²) in [7, 11) is 7.54. The molecule has 202 valence electrons. The Bertz CT molecular complexity index is 1440. The fourth-order valence-electron chi connectivity index (χ4n) is 4.75. The van der Waals surface area contributed by atoms with E-state index in [-0.39, 0.29) is 11.8 Å². The second-order valence-corrected chi connectivity index (χ2v) is 9.70. The minimum absolute atomic E-state index is 0.135. The predicted molar refractivity (Wildman–Crippen MR) is 159 cm³/mol. The van der Waals surface area contributed by atoms with E-state index in [1.165, 1.54) is 0 Å². The van der Waals surface area contributed by atoms with E-state index in [0.717, 1.165) is 48.5 Å². The van der Waals surface area contributed by atoms with E-state index < -0.39 is 0 Å². The van der Waals surface area contributed by atoms with Gasteiger partial charge < -0.3 is 30.0 Å². The normalized spacial score (nSPS) is 13.9. The van der Waals surface area contributed by atoms with Gasteiger partial charge in [0.15, 0.2) is 7.98 Å². The Balaban J connectivity index is 1.43. The summed E-state index contributed by atoms with van der Waals surface area (Å²) in [6.07, 6.45) is 3.56. The van der Waals surface area contributed by atoms with Crippen molar-refractivity contribution >= 4 is 25.2 Å². The zero-order valence-electron chi connectivity index (χ0n) is 22.4. The standard InChI is InChI=1S/C31H32BN5O3/c1-39-28-19-24(38)10-7-22(28)20-35-31-29(27(13-16-34-31)36-23-14-17-37(32)18-15-23)30(33)21-8-11-26(12-9-21)40-25-5-3-2-4-6-25/h2-13,16,19,23,33,38H,14-15,17-18,20H2,1H3,(H2,34,35,36). The molecule has 4 aromatic rings. The van der Waals surface area contributed by atoms with E-state index in [0.29, 0.717) is 35.1 Å². The van der Waals surface area contributed by atoms with Gasteiger partial charge in [-0.3, -0.25) is 5.41 Å². The van der Waals surface area contributed by atoms with Gasteiger partial charge in [-0.25, -0.2) is 4.98 Å². The summed E-state index contributed by atoms with van der Waals surface area (Å²) in [4.78, 5) is 6.46. The third-order valence-electron chi connectivity index (χ3n) is 6.93. The fraction of sp³-hybridized carbons (Fsp3) is 0.226. The molecule has 2 radical (unpaired) electrons.